The molecule has 0 atom stereocenters. The van der Waals surface area contributed by atoms with E-state index in [9.17, 15) is 19.1 Å². The van der Waals surface area contributed by atoms with E-state index in [-0.39, 0.29) is 30.8 Å². The first-order valence-corrected chi connectivity index (χ1v) is 9.84. The molecule has 0 fully saturated rings. The van der Waals surface area contributed by atoms with Gasteiger partial charge in [-0.25, -0.2) is 9.18 Å². The molecule has 0 aliphatic rings. The van der Waals surface area contributed by atoms with Crippen molar-refractivity contribution in [2.75, 3.05) is 0 Å². The van der Waals surface area contributed by atoms with Gasteiger partial charge in [-0.15, -0.1) is 4.80 Å². The van der Waals surface area contributed by atoms with Gasteiger partial charge in [0.1, 0.15) is 21.4 Å². The number of nitrogens with zero attached hydrogens (tertiary/aromatic N) is 5. The summed E-state index contributed by atoms with van der Waals surface area (Å²) in [5.74, 6) is -0.504. The highest BCUT2D eigenvalue weighted by Gasteiger charge is 2.21. The second-order valence-corrected chi connectivity index (χ2v) is 7.52. The molecule has 1 N–H and O–H groups in total. The van der Waals surface area contributed by atoms with E-state index in [4.69, 9.17) is 0 Å². The zero-order valence-electron chi connectivity index (χ0n) is 15.8. The summed E-state index contributed by atoms with van der Waals surface area (Å²) in [5.41, 5.74) is 0.281. The smallest absolute Gasteiger partial charge is 0.332 e. The zero-order valence-corrected chi connectivity index (χ0v) is 16.6. The summed E-state index contributed by atoms with van der Waals surface area (Å²) in [6.07, 6.45) is 3.30. The van der Waals surface area contributed by atoms with Crippen LogP contribution in [0.4, 0.5) is 4.39 Å². The van der Waals surface area contributed by atoms with Gasteiger partial charge in [-0.3, -0.25) is 13.9 Å². The molecule has 0 saturated carbocycles. The number of aromatic hydroxyl groups is 1. The molecule has 0 amide bonds. The minimum atomic E-state index is -0.465. The molecule has 1 aromatic carbocycles. The Hall–Kier alpha value is -3.27. The highest BCUT2D eigenvalue weighted by molar-refractivity contribution is 7.21. The highest BCUT2D eigenvalue weighted by Crippen LogP contribution is 2.30. The summed E-state index contributed by atoms with van der Waals surface area (Å²) >= 11 is 1.25. The zero-order chi connectivity index (χ0) is 20.7. The van der Waals surface area contributed by atoms with Crippen molar-refractivity contribution in [2.24, 2.45) is 0 Å². The summed E-state index contributed by atoms with van der Waals surface area (Å²) in [6.45, 7) is 3.93. The van der Waals surface area contributed by atoms with Crippen molar-refractivity contribution in [3.63, 3.8) is 0 Å². The number of phenolic OH excluding ortho intramolecular Hbond substituents is 1. The number of rotatable bonds is 5. The Morgan fingerprint density at radius 1 is 1.17 bits per heavy atom. The van der Waals surface area contributed by atoms with Crippen LogP contribution in [0.25, 0.3) is 15.2 Å². The number of aromatic nitrogens is 5. The number of thiophene rings is 1. The maximum Gasteiger partial charge on any atom is 0.332 e. The van der Waals surface area contributed by atoms with E-state index in [1.165, 1.54) is 55.9 Å². The Labute approximate surface area is 168 Å². The molecule has 150 valence electrons. The van der Waals surface area contributed by atoms with E-state index < -0.39 is 11.5 Å². The normalized spacial score (nSPS) is 11.4. The third kappa shape index (κ3) is 3.15. The predicted molar refractivity (Wildman–Crippen MR) is 107 cm³/mol. The molecule has 0 bridgehead atoms. The third-order valence-corrected chi connectivity index (χ3v) is 6.11. The van der Waals surface area contributed by atoms with Crippen LogP contribution in [0.2, 0.25) is 0 Å². The van der Waals surface area contributed by atoms with Crippen molar-refractivity contribution >= 4 is 21.6 Å². The maximum atomic E-state index is 13.6. The standard InChI is InChI=1S/C19H18FN5O3S/c1-3-23-16(27)15-11(2)17(25-21-7-8-22-25)29-18(15)24(19(23)28)9-6-12-10-13(20)4-5-14(12)26/h4-5,7-8,10,26H,3,6,9H2,1-2H3. The molecule has 10 heteroatoms. The topological polar surface area (TPSA) is 94.9 Å². The summed E-state index contributed by atoms with van der Waals surface area (Å²) in [6, 6.07) is 3.70. The molecule has 0 aliphatic heterocycles. The van der Waals surface area contributed by atoms with Gasteiger partial charge in [0.25, 0.3) is 5.56 Å². The Balaban J connectivity index is 1.90. The Kier molecular flexibility index (Phi) is 4.79. The van der Waals surface area contributed by atoms with E-state index in [1.54, 1.807) is 13.8 Å². The van der Waals surface area contributed by atoms with E-state index in [1.807, 2.05) is 0 Å². The summed E-state index contributed by atoms with van der Waals surface area (Å²) in [7, 11) is 0. The Bertz CT molecular complexity index is 1320. The molecule has 29 heavy (non-hydrogen) atoms. The van der Waals surface area contributed by atoms with E-state index in [2.05, 4.69) is 10.2 Å². The Morgan fingerprint density at radius 3 is 2.59 bits per heavy atom. The lowest BCUT2D eigenvalue weighted by Crippen LogP contribution is -2.39. The molecule has 4 aromatic rings. The molecule has 0 unspecified atom stereocenters. The lowest BCUT2D eigenvalue weighted by atomic mass is 10.1. The molecule has 3 aromatic heterocycles. The van der Waals surface area contributed by atoms with E-state index in [0.29, 0.717) is 26.3 Å². The number of hydrogen-bond donors (Lipinski definition) is 1. The van der Waals surface area contributed by atoms with Crippen LogP contribution in [0.1, 0.15) is 18.1 Å². The van der Waals surface area contributed by atoms with Crippen LogP contribution in [-0.2, 0) is 19.5 Å². The molecule has 0 aliphatic carbocycles. The molecule has 3 heterocycles. The fourth-order valence-electron chi connectivity index (χ4n) is 3.36. The minimum absolute atomic E-state index is 0.0386. The van der Waals surface area contributed by atoms with Crippen molar-refractivity contribution in [2.45, 2.75) is 33.4 Å². The lowest BCUT2D eigenvalue weighted by Gasteiger charge is -2.11. The second kappa shape index (κ2) is 7.28. The van der Waals surface area contributed by atoms with Gasteiger partial charge in [-0.05, 0) is 44.0 Å². The molecular formula is C19H18FN5O3S. The average molecular weight is 415 g/mol. The van der Waals surface area contributed by atoms with E-state index >= 15 is 0 Å². The number of aryl methyl sites for hydroxylation is 3. The van der Waals surface area contributed by atoms with Crippen LogP contribution in [0.15, 0.2) is 40.2 Å². The lowest BCUT2D eigenvalue weighted by molar-refractivity contribution is 0.462. The van der Waals surface area contributed by atoms with Gasteiger partial charge in [0, 0.05) is 18.7 Å². The highest BCUT2D eigenvalue weighted by atomic mass is 32.1. The molecule has 4 rings (SSSR count). The maximum absolute atomic E-state index is 13.6. The van der Waals surface area contributed by atoms with Gasteiger partial charge in [0.05, 0.1) is 17.8 Å². The molecule has 0 radical (unpaired) electrons. The minimum Gasteiger partial charge on any atom is -0.508 e. The van der Waals surface area contributed by atoms with Gasteiger partial charge < -0.3 is 5.11 Å². The van der Waals surface area contributed by atoms with Gasteiger partial charge >= 0.3 is 5.69 Å². The Morgan fingerprint density at radius 2 is 1.90 bits per heavy atom. The fourth-order valence-corrected chi connectivity index (χ4v) is 4.59. The SMILES string of the molecule is CCn1c(=O)c2c(C)c(-n3nccn3)sc2n(CCc2cc(F)ccc2O)c1=O. The van der Waals surface area contributed by atoms with Crippen LogP contribution in [0.3, 0.4) is 0 Å². The number of fused-ring (bicyclic) bond motifs is 1. The monoisotopic (exact) mass is 415 g/mol. The van der Waals surface area contributed by atoms with Crippen LogP contribution in [-0.4, -0.2) is 29.2 Å². The van der Waals surface area contributed by atoms with Crippen molar-refractivity contribution in [3.8, 4) is 10.8 Å². The number of benzene rings is 1. The van der Waals surface area contributed by atoms with Gasteiger partial charge in [0.15, 0.2) is 0 Å². The van der Waals surface area contributed by atoms with Gasteiger partial charge in [0.2, 0.25) is 0 Å². The van der Waals surface area contributed by atoms with Crippen LogP contribution >= 0.6 is 11.3 Å². The van der Waals surface area contributed by atoms with Crippen LogP contribution in [0.5, 0.6) is 5.75 Å². The number of halogens is 1. The first kappa shape index (κ1) is 19.1. The van der Waals surface area contributed by atoms with Crippen LogP contribution < -0.4 is 11.2 Å². The van der Waals surface area contributed by atoms with Crippen molar-refractivity contribution in [1.82, 2.24) is 24.1 Å². The first-order valence-electron chi connectivity index (χ1n) is 9.03. The van der Waals surface area contributed by atoms with E-state index in [0.717, 1.165) is 0 Å². The molecule has 0 saturated heterocycles. The number of phenols is 1. The molecule has 0 spiro atoms. The van der Waals surface area contributed by atoms with Gasteiger partial charge in [-0.2, -0.15) is 10.2 Å². The average Bonchev–Trinajstić information content (AvgIpc) is 3.33. The fraction of sp³-hybridized carbons (Fsp3) is 0.263. The number of hydrogen-bond acceptors (Lipinski definition) is 6. The predicted octanol–water partition coefficient (Wildman–Crippen LogP) is 2.22. The van der Waals surface area contributed by atoms with Crippen molar-refractivity contribution < 1.29 is 9.50 Å². The van der Waals surface area contributed by atoms with Gasteiger partial charge in [-0.1, -0.05) is 11.3 Å². The molecule has 8 nitrogen and oxygen atoms in total. The largest absolute Gasteiger partial charge is 0.508 e. The quantitative estimate of drug-likeness (QED) is 0.539. The third-order valence-electron chi connectivity index (χ3n) is 4.83. The summed E-state index contributed by atoms with van der Waals surface area (Å²) in [5, 5.41) is 19.3. The first-order chi connectivity index (χ1) is 13.9. The van der Waals surface area contributed by atoms with Crippen molar-refractivity contribution in [1.29, 1.82) is 0 Å². The van der Waals surface area contributed by atoms with Crippen LogP contribution in [0, 0.1) is 12.7 Å². The molecular weight excluding hydrogens is 397 g/mol. The van der Waals surface area contributed by atoms with Crippen molar-refractivity contribution in [3.05, 3.63) is 68.4 Å². The second-order valence-electron chi connectivity index (χ2n) is 6.54. The summed E-state index contributed by atoms with van der Waals surface area (Å²) in [4.78, 5) is 27.8. The summed E-state index contributed by atoms with van der Waals surface area (Å²) < 4.78 is 16.2.